The van der Waals surface area contributed by atoms with E-state index in [1.165, 1.54) is 0 Å². The highest BCUT2D eigenvalue weighted by Gasteiger charge is 2.24. The van der Waals surface area contributed by atoms with Crippen LogP contribution in [0.3, 0.4) is 0 Å². The Morgan fingerprint density at radius 2 is 1.88 bits per heavy atom. The van der Waals surface area contributed by atoms with Crippen LogP contribution in [0, 0.1) is 6.92 Å². The maximum Gasteiger partial charge on any atom is 0.321 e. The van der Waals surface area contributed by atoms with E-state index in [4.69, 9.17) is 11.6 Å². The zero-order valence-electron chi connectivity index (χ0n) is 14.4. The number of amides is 4. The highest BCUT2D eigenvalue weighted by atomic mass is 35.5. The molecule has 7 nitrogen and oxygen atoms in total. The lowest BCUT2D eigenvalue weighted by molar-refractivity contribution is -0.122. The highest BCUT2D eigenvalue weighted by Crippen LogP contribution is 2.20. The molecular weight excluding hydrogens is 344 g/mol. The zero-order valence-corrected chi connectivity index (χ0v) is 15.2. The summed E-state index contributed by atoms with van der Waals surface area (Å²) in [5.74, 6) is -0.686. The van der Waals surface area contributed by atoms with Gasteiger partial charge >= 0.3 is 6.03 Å². The minimum absolute atomic E-state index is 0.0312. The Balaban J connectivity index is 1.81. The number of carbonyl (C=O) groups excluding carboxylic acids is 3. The van der Waals surface area contributed by atoms with Gasteiger partial charge in [0.05, 0.1) is 13.1 Å². The average molecular weight is 367 g/mol. The predicted octanol–water partition coefficient (Wildman–Crippen LogP) is 1.90. The van der Waals surface area contributed by atoms with Crippen LogP contribution in [-0.4, -0.2) is 48.4 Å². The van der Waals surface area contributed by atoms with Crippen LogP contribution in [0.25, 0.3) is 0 Å². The fourth-order valence-electron chi connectivity index (χ4n) is 2.22. The molecule has 2 rings (SSSR count). The number of anilines is 1. The van der Waals surface area contributed by atoms with E-state index in [0.29, 0.717) is 17.3 Å². The minimum atomic E-state index is -0.484. The first-order valence-electron chi connectivity index (χ1n) is 8.26. The van der Waals surface area contributed by atoms with Gasteiger partial charge in [0.2, 0.25) is 11.8 Å². The molecule has 1 aliphatic carbocycles. The van der Waals surface area contributed by atoms with Crippen molar-refractivity contribution in [2.75, 3.05) is 25.0 Å². The highest BCUT2D eigenvalue weighted by molar-refractivity contribution is 6.31. The van der Waals surface area contributed by atoms with Gasteiger partial charge in [-0.2, -0.15) is 0 Å². The smallest absolute Gasteiger partial charge is 0.321 e. The van der Waals surface area contributed by atoms with Crippen LogP contribution < -0.4 is 16.0 Å². The molecule has 0 spiro atoms. The third kappa shape index (κ3) is 6.72. The summed E-state index contributed by atoms with van der Waals surface area (Å²) in [4.78, 5) is 37.3. The van der Waals surface area contributed by atoms with Gasteiger partial charge < -0.3 is 10.6 Å². The van der Waals surface area contributed by atoms with Crippen molar-refractivity contribution in [2.24, 2.45) is 0 Å². The van der Waals surface area contributed by atoms with Crippen molar-refractivity contribution in [3.05, 3.63) is 28.8 Å². The molecule has 1 aliphatic rings. The Bertz CT molecular complexity index is 661. The van der Waals surface area contributed by atoms with Crippen LogP contribution in [0.2, 0.25) is 5.02 Å². The van der Waals surface area contributed by atoms with Crippen LogP contribution in [0.5, 0.6) is 0 Å². The SMILES string of the molecule is CCN(CC(=O)NC(=O)NC1CC1)CC(=O)Nc1cc(Cl)ccc1C. The molecule has 3 N–H and O–H groups in total. The van der Waals surface area contributed by atoms with E-state index in [-0.39, 0.29) is 25.0 Å². The van der Waals surface area contributed by atoms with Gasteiger partial charge in [-0.3, -0.25) is 19.8 Å². The molecule has 1 aromatic carbocycles. The zero-order chi connectivity index (χ0) is 18.4. The average Bonchev–Trinajstić information content (AvgIpc) is 3.33. The summed E-state index contributed by atoms with van der Waals surface area (Å²) < 4.78 is 0. The van der Waals surface area contributed by atoms with Crippen LogP contribution in [0.4, 0.5) is 10.5 Å². The van der Waals surface area contributed by atoms with Crippen molar-refractivity contribution in [1.82, 2.24) is 15.5 Å². The van der Waals surface area contributed by atoms with Gasteiger partial charge in [-0.15, -0.1) is 0 Å². The Morgan fingerprint density at radius 3 is 2.52 bits per heavy atom. The van der Waals surface area contributed by atoms with Crippen molar-refractivity contribution in [2.45, 2.75) is 32.7 Å². The molecule has 0 saturated heterocycles. The molecule has 1 aromatic rings. The Hall–Kier alpha value is -2.12. The number of aryl methyl sites for hydroxylation is 1. The quantitative estimate of drug-likeness (QED) is 0.687. The minimum Gasteiger partial charge on any atom is -0.335 e. The Labute approximate surface area is 152 Å². The summed E-state index contributed by atoms with van der Waals surface area (Å²) in [6.07, 6.45) is 1.90. The van der Waals surface area contributed by atoms with E-state index in [0.717, 1.165) is 18.4 Å². The predicted molar refractivity (Wildman–Crippen MR) is 96.6 cm³/mol. The number of hydrogen-bond donors (Lipinski definition) is 3. The molecule has 0 unspecified atom stereocenters. The number of urea groups is 1. The molecule has 0 atom stereocenters. The molecule has 1 fully saturated rings. The van der Waals surface area contributed by atoms with Gasteiger partial charge in [0, 0.05) is 16.8 Å². The van der Waals surface area contributed by atoms with E-state index in [9.17, 15) is 14.4 Å². The maximum absolute atomic E-state index is 12.2. The van der Waals surface area contributed by atoms with Gasteiger partial charge in [-0.25, -0.2) is 4.79 Å². The molecule has 25 heavy (non-hydrogen) atoms. The number of carbonyl (C=O) groups is 3. The van der Waals surface area contributed by atoms with Crippen LogP contribution in [0.1, 0.15) is 25.3 Å². The summed E-state index contributed by atoms with van der Waals surface area (Å²) in [7, 11) is 0. The van der Waals surface area contributed by atoms with E-state index in [2.05, 4.69) is 16.0 Å². The third-order valence-corrected chi connectivity index (χ3v) is 4.06. The molecule has 136 valence electrons. The number of halogens is 1. The standard InChI is InChI=1S/C17H23ClN4O3/c1-3-22(10-16(24)21-17(25)19-13-6-7-13)9-15(23)20-14-8-12(18)5-4-11(14)2/h4-5,8,13H,3,6-7,9-10H2,1-2H3,(H,20,23)(H2,19,21,24,25). The molecular formula is C17H23ClN4O3. The lowest BCUT2D eigenvalue weighted by atomic mass is 10.2. The first-order chi connectivity index (χ1) is 11.9. The molecule has 0 bridgehead atoms. The van der Waals surface area contributed by atoms with Crippen LogP contribution in [0.15, 0.2) is 18.2 Å². The second-order valence-corrected chi connectivity index (χ2v) is 6.54. The molecule has 0 aromatic heterocycles. The van der Waals surface area contributed by atoms with E-state index in [1.807, 2.05) is 19.9 Å². The molecule has 8 heteroatoms. The fourth-order valence-corrected chi connectivity index (χ4v) is 2.39. The van der Waals surface area contributed by atoms with Gasteiger partial charge in [0.1, 0.15) is 0 Å². The number of hydrogen-bond acceptors (Lipinski definition) is 4. The first kappa shape index (κ1) is 19.2. The molecule has 0 heterocycles. The molecule has 1 saturated carbocycles. The van der Waals surface area contributed by atoms with Crippen molar-refractivity contribution >= 4 is 35.1 Å². The summed E-state index contributed by atoms with van der Waals surface area (Å²) in [5, 5.41) is 8.28. The van der Waals surface area contributed by atoms with Crippen molar-refractivity contribution in [3.8, 4) is 0 Å². The van der Waals surface area contributed by atoms with Gasteiger partial charge in [0.15, 0.2) is 0 Å². The van der Waals surface area contributed by atoms with E-state index < -0.39 is 11.9 Å². The first-order valence-corrected chi connectivity index (χ1v) is 8.64. The Kier molecular flexibility index (Phi) is 6.78. The number of nitrogens with zero attached hydrogens (tertiary/aromatic N) is 1. The third-order valence-electron chi connectivity index (χ3n) is 3.82. The number of rotatable bonds is 7. The van der Waals surface area contributed by atoms with Crippen molar-refractivity contribution in [3.63, 3.8) is 0 Å². The van der Waals surface area contributed by atoms with E-state index in [1.54, 1.807) is 17.0 Å². The van der Waals surface area contributed by atoms with Gasteiger partial charge in [-0.1, -0.05) is 24.6 Å². The van der Waals surface area contributed by atoms with E-state index >= 15 is 0 Å². The molecule has 4 amide bonds. The summed E-state index contributed by atoms with van der Waals surface area (Å²) in [5.41, 5.74) is 1.54. The number of nitrogens with one attached hydrogen (secondary N) is 3. The van der Waals surface area contributed by atoms with Crippen molar-refractivity contribution < 1.29 is 14.4 Å². The second-order valence-electron chi connectivity index (χ2n) is 6.11. The largest absolute Gasteiger partial charge is 0.335 e. The topological polar surface area (TPSA) is 90.5 Å². The monoisotopic (exact) mass is 366 g/mol. The van der Waals surface area contributed by atoms with Gasteiger partial charge in [-0.05, 0) is 44.0 Å². The number of benzene rings is 1. The van der Waals surface area contributed by atoms with Crippen LogP contribution in [-0.2, 0) is 9.59 Å². The molecule has 0 aliphatic heterocycles. The summed E-state index contributed by atoms with van der Waals surface area (Å²) in [6.45, 7) is 4.22. The second kappa shape index (κ2) is 8.82. The lowest BCUT2D eigenvalue weighted by Gasteiger charge is -2.19. The summed E-state index contributed by atoms with van der Waals surface area (Å²) >= 11 is 5.94. The number of imide groups is 1. The van der Waals surface area contributed by atoms with Crippen LogP contribution >= 0.6 is 11.6 Å². The maximum atomic E-state index is 12.2. The number of likely N-dealkylation sites (N-methyl/N-ethyl adjacent to an activating group) is 1. The van der Waals surface area contributed by atoms with Crippen molar-refractivity contribution in [1.29, 1.82) is 0 Å². The lowest BCUT2D eigenvalue weighted by Crippen LogP contribution is -2.46. The fraction of sp³-hybridized carbons (Fsp3) is 0.471. The Morgan fingerprint density at radius 1 is 1.20 bits per heavy atom. The summed E-state index contributed by atoms with van der Waals surface area (Å²) in [6, 6.07) is 4.95. The normalized spacial score (nSPS) is 13.4. The molecule has 0 radical (unpaired) electrons. The van der Waals surface area contributed by atoms with Gasteiger partial charge in [0.25, 0.3) is 0 Å².